The molecule has 0 aliphatic heterocycles. The zero-order chi connectivity index (χ0) is 14.7. The fourth-order valence-electron chi connectivity index (χ4n) is 2.06. The second kappa shape index (κ2) is 6.17. The van der Waals surface area contributed by atoms with Gasteiger partial charge < -0.3 is 10.5 Å². The van der Waals surface area contributed by atoms with Crippen molar-refractivity contribution in [3.05, 3.63) is 63.7 Å². The van der Waals surface area contributed by atoms with Crippen molar-refractivity contribution < 1.29 is 4.74 Å². The number of hydrogen-bond acceptors (Lipinski definition) is 3. The molecule has 2 aromatic carbocycles. The normalized spacial score (nSPS) is 10.5. The molecule has 1 aromatic heterocycles. The summed E-state index contributed by atoms with van der Waals surface area (Å²) in [4.78, 5) is 0. The van der Waals surface area contributed by atoms with E-state index in [1.165, 1.54) is 0 Å². The lowest BCUT2D eigenvalue weighted by Gasteiger charge is -2.10. The highest BCUT2D eigenvalue weighted by Crippen LogP contribution is 2.33. The van der Waals surface area contributed by atoms with Crippen LogP contribution in [0.15, 0.2) is 54.6 Å². The van der Waals surface area contributed by atoms with Gasteiger partial charge in [-0.05, 0) is 40.3 Å². The zero-order valence-electron chi connectivity index (χ0n) is 11.2. The van der Waals surface area contributed by atoms with E-state index in [4.69, 9.17) is 10.5 Å². The summed E-state index contributed by atoms with van der Waals surface area (Å²) in [5.74, 6) is 1.31. The maximum atomic E-state index is 5.95. The molecule has 0 fully saturated rings. The van der Waals surface area contributed by atoms with Gasteiger partial charge in [0.25, 0.3) is 0 Å². The summed E-state index contributed by atoms with van der Waals surface area (Å²) in [6, 6.07) is 18.0. The molecule has 0 atom stereocenters. The number of aromatic amines is 1. The number of halogens is 1. The molecule has 3 rings (SSSR count). The maximum Gasteiger partial charge on any atom is 0.159 e. The number of nitrogen functional groups attached to an aromatic ring is 1. The number of nitrogens with one attached hydrogen (secondary N) is 1. The molecule has 1 heterocycles. The molecule has 4 nitrogen and oxygen atoms in total. The molecule has 0 saturated carbocycles. The van der Waals surface area contributed by atoms with E-state index >= 15 is 0 Å². The smallest absolute Gasteiger partial charge is 0.159 e. The predicted molar refractivity (Wildman–Crippen MR) is 91.9 cm³/mol. The summed E-state index contributed by atoms with van der Waals surface area (Å²) in [5.41, 5.74) is 8.78. The molecular formula is C16H14IN3O. The van der Waals surface area contributed by atoms with Crippen LogP contribution in [0, 0.1) is 3.57 Å². The molecule has 0 unspecified atom stereocenters. The summed E-state index contributed by atoms with van der Waals surface area (Å²) in [6.07, 6.45) is 0. The number of hydrogen-bond donors (Lipinski definition) is 2. The number of para-hydroxylation sites is 1. The second-order valence-electron chi connectivity index (χ2n) is 4.57. The summed E-state index contributed by atoms with van der Waals surface area (Å²) < 4.78 is 6.86. The Balaban J connectivity index is 1.88. The van der Waals surface area contributed by atoms with E-state index in [0.29, 0.717) is 12.4 Å². The summed E-state index contributed by atoms with van der Waals surface area (Å²) in [6.45, 7) is 0.526. The SMILES string of the molecule is Nc1n[nH]c(-c2ccccc2OCc2ccccc2)c1I. The molecule has 106 valence electrons. The quantitative estimate of drug-likeness (QED) is 0.665. The lowest BCUT2D eigenvalue weighted by molar-refractivity contribution is 0.307. The Kier molecular flexibility index (Phi) is 4.10. The average Bonchev–Trinajstić information content (AvgIpc) is 2.86. The Morgan fingerprint density at radius 1 is 1.05 bits per heavy atom. The standard InChI is InChI=1S/C16H14IN3O/c17-14-15(19-20-16(14)18)12-8-4-5-9-13(12)21-10-11-6-2-1-3-7-11/h1-9H,10H2,(H3,18,19,20). The van der Waals surface area contributed by atoms with E-state index in [2.05, 4.69) is 32.8 Å². The van der Waals surface area contributed by atoms with Gasteiger partial charge in [0.05, 0.1) is 9.26 Å². The molecule has 5 heteroatoms. The molecule has 0 saturated heterocycles. The molecule has 21 heavy (non-hydrogen) atoms. The highest BCUT2D eigenvalue weighted by Gasteiger charge is 2.14. The number of benzene rings is 2. The van der Waals surface area contributed by atoms with Crippen molar-refractivity contribution in [2.45, 2.75) is 6.61 Å². The number of aromatic nitrogens is 2. The zero-order valence-corrected chi connectivity index (χ0v) is 13.4. The first-order chi connectivity index (χ1) is 10.3. The van der Waals surface area contributed by atoms with E-state index in [9.17, 15) is 0 Å². The molecule has 0 aliphatic carbocycles. The van der Waals surface area contributed by atoms with E-state index < -0.39 is 0 Å². The highest BCUT2D eigenvalue weighted by molar-refractivity contribution is 14.1. The minimum atomic E-state index is 0.503. The van der Waals surface area contributed by atoms with Crippen LogP contribution in [-0.4, -0.2) is 10.2 Å². The second-order valence-corrected chi connectivity index (χ2v) is 5.65. The van der Waals surface area contributed by atoms with Gasteiger partial charge in [-0.15, -0.1) is 0 Å². The fourth-order valence-corrected chi connectivity index (χ4v) is 2.59. The molecule has 0 bridgehead atoms. The first-order valence-electron chi connectivity index (χ1n) is 6.51. The maximum absolute atomic E-state index is 5.95. The van der Waals surface area contributed by atoms with Crippen molar-refractivity contribution in [2.24, 2.45) is 0 Å². The minimum absolute atomic E-state index is 0.503. The fraction of sp³-hybridized carbons (Fsp3) is 0.0625. The third-order valence-corrected chi connectivity index (χ3v) is 4.22. The average molecular weight is 391 g/mol. The Hall–Kier alpha value is -2.02. The van der Waals surface area contributed by atoms with E-state index in [-0.39, 0.29) is 0 Å². The third-order valence-electron chi connectivity index (χ3n) is 3.13. The van der Waals surface area contributed by atoms with Gasteiger partial charge in [-0.2, -0.15) is 5.10 Å². The molecule has 0 amide bonds. The largest absolute Gasteiger partial charge is 0.488 e. The molecule has 3 N–H and O–H groups in total. The van der Waals surface area contributed by atoms with Crippen LogP contribution in [0.3, 0.4) is 0 Å². The number of nitrogens with zero attached hydrogens (tertiary/aromatic N) is 1. The van der Waals surface area contributed by atoms with Crippen LogP contribution in [0.1, 0.15) is 5.56 Å². The van der Waals surface area contributed by atoms with Gasteiger partial charge in [0.15, 0.2) is 5.82 Å². The van der Waals surface area contributed by atoms with Crippen LogP contribution < -0.4 is 10.5 Å². The van der Waals surface area contributed by atoms with Crippen LogP contribution in [-0.2, 0) is 6.61 Å². The molecule has 3 aromatic rings. The Labute approximate surface area is 136 Å². The van der Waals surface area contributed by atoms with Gasteiger partial charge in [-0.1, -0.05) is 42.5 Å². The van der Waals surface area contributed by atoms with Gasteiger partial charge in [-0.25, -0.2) is 0 Å². The number of nitrogens with two attached hydrogens (primary N) is 1. The number of H-pyrrole nitrogens is 1. The predicted octanol–water partition coefficient (Wildman–Crippen LogP) is 3.84. The van der Waals surface area contributed by atoms with Crippen LogP contribution in [0.2, 0.25) is 0 Å². The summed E-state index contributed by atoms with van der Waals surface area (Å²) >= 11 is 2.19. The summed E-state index contributed by atoms with van der Waals surface area (Å²) in [7, 11) is 0. The monoisotopic (exact) mass is 391 g/mol. The van der Waals surface area contributed by atoms with Crippen molar-refractivity contribution in [1.82, 2.24) is 10.2 Å². The van der Waals surface area contributed by atoms with E-state index in [0.717, 1.165) is 26.1 Å². The van der Waals surface area contributed by atoms with Gasteiger partial charge in [0.1, 0.15) is 12.4 Å². The van der Waals surface area contributed by atoms with Gasteiger partial charge >= 0.3 is 0 Å². The van der Waals surface area contributed by atoms with Gasteiger partial charge in [0.2, 0.25) is 0 Å². The topological polar surface area (TPSA) is 63.9 Å². The van der Waals surface area contributed by atoms with Crippen molar-refractivity contribution in [1.29, 1.82) is 0 Å². The van der Waals surface area contributed by atoms with Crippen LogP contribution in [0.25, 0.3) is 11.3 Å². The van der Waals surface area contributed by atoms with Crippen molar-refractivity contribution in [3.63, 3.8) is 0 Å². The van der Waals surface area contributed by atoms with E-state index in [1.807, 2.05) is 54.6 Å². The lowest BCUT2D eigenvalue weighted by Crippen LogP contribution is -1.97. The van der Waals surface area contributed by atoms with Gasteiger partial charge in [0, 0.05) is 5.56 Å². The lowest BCUT2D eigenvalue weighted by atomic mass is 10.1. The van der Waals surface area contributed by atoms with Crippen LogP contribution >= 0.6 is 22.6 Å². The van der Waals surface area contributed by atoms with Gasteiger partial charge in [-0.3, -0.25) is 5.10 Å². The van der Waals surface area contributed by atoms with E-state index in [1.54, 1.807) is 0 Å². The third kappa shape index (κ3) is 3.02. The molecule has 0 radical (unpaired) electrons. The molecular weight excluding hydrogens is 377 g/mol. The van der Waals surface area contributed by atoms with Crippen LogP contribution in [0.5, 0.6) is 5.75 Å². The Bertz CT molecular complexity index is 740. The Morgan fingerprint density at radius 2 is 1.76 bits per heavy atom. The molecule has 0 aliphatic rings. The molecule has 0 spiro atoms. The first-order valence-corrected chi connectivity index (χ1v) is 7.59. The minimum Gasteiger partial charge on any atom is -0.488 e. The summed E-state index contributed by atoms with van der Waals surface area (Å²) in [5, 5.41) is 7.01. The van der Waals surface area contributed by atoms with Crippen molar-refractivity contribution in [2.75, 3.05) is 5.73 Å². The highest BCUT2D eigenvalue weighted by atomic mass is 127. The van der Waals surface area contributed by atoms with Crippen molar-refractivity contribution in [3.8, 4) is 17.0 Å². The van der Waals surface area contributed by atoms with Crippen molar-refractivity contribution >= 4 is 28.4 Å². The number of anilines is 1. The van der Waals surface area contributed by atoms with Crippen LogP contribution in [0.4, 0.5) is 5.82 Å². The number of ether oxygens (including phenoxy) is 1. The Morgan fingerprint density at radius 3 is 2.48 bits per heavy atom. The first kappa shape index (κ1) is 13.9. The number of rotatable bonds is 4.